The molecule has 0 spiro atoms. The maximum Gasteiger partial charge on any atom is 0.242 e. The van der Waals surface area contributed by atoms with Gasteiger partial charge in [0.25, 0.3) is 0 Å². The molecule has 4 nitrogen and oxygen atoms in total. The van der Waals surface area contributed by atoms with E-state index < -0.39 is 11.4 Å². The molecule has 84 valence electrons. The molecule has 0 saturated heterocycles. The molecule has 0 unspecified atom stereocenters. The first-order chi connectivity index (χ1) is 7.36. The van der Waals surface area contributed by atoms with Gasteiger partial charge in [0.2, 0.25) is 5.91 Å². The highest BCUT2D eigenvalue weighted by molar-refractivity contribution is 5.87. The Labute approximate surface area is 95.1 Å². The Morgan fingerprint density at radius 2 is 2.12 bits per heavy atom. The smallest absolute Gasteiger partial charge is 0.242 e. The lowest BCUT2D eigenvalue weighted by Crippen LogP contribution is -2.45. The third-order valence-electron chi connectivity index (χ3n) is 2.42. The highest BCUT2D eigenvalue weighted by Crippen LogP contribution is 2.18. The fourth-order valence-electron chi connectivity index (χ4n) is 1.29. The van der Waals surface area contributed by atoms with Gasteiger partial charge in [-0.05, 0) is 44.5 Å². The summed E-state index contributed by atoms with van der Waals surface area (Å²) in [6.45, 7) is 5.27. The van der Waals surface area contributed by atoms with Gasteiger partial charge >= 0.3 is 0 Å². The van der Waals surface area contributed by atoms with Crippen LogP contribution in [0.25, 0.3) is 0 Å². The first-order valence-electron chi connectivity index (χ1n) is 4.95. The number of nitrogens with one attached hydrogen (secondary N) is 1. The van der Waals surface area contributed by atoms with E-state index in [0.29, 0.717) is 5.56 Å². The fourth-order valence-corrected chi connectivity index (χ4v) is 1.29. The maximum atomic E-state index is 11.1. The third-order valence-corrected chi connectivity index (χ3v) is 2.42. The van der Waals surface area contributed by atoms with Crippen molar-refractivity contribution in [1.29, 1.82) is 5.26 Å². The minimum absolute atomic E-state index is 0.422. The van der Waals surface area contributed by atoms with Crippen LogP contribution in [0.2, 0.25) is 0 Å². The number of nitriles is 1. The molecule has 0 aliphatic rings. The van der Waals surface area contributed by atoms with E-state index in [1.165, 1.54) is 0 Å². The molecule has 0 aliphatic carbocycles. The number of anilines is 1. The minimum Gasteiger partial charge on any atom is -0.372 e. The zero-order valence-corrected chi connectivity index (χ0v) is 9.66. The second kappa shape index (κ2) is 4.23. The van der Waals surface area contributed by atoms with Gasteiger partial charge in [0.15, 0.2) is 0 Å². The number of carbonyl (C=O) groups excluding carboxylic acids is 1. The standard InChI is InChI=1S/C12H15N3O/c1-8-6-10(5-4-9(8)7-13)15-12(2,3)11(14)16/h4-6,15H,1-3H3,(H2,14,16). The largest absolute Gasteiger partial charge is 0.372 e. The third kappa shape index (κ3) is 2.51. The van der Waals surface area contributed by atoms with Crippen LogP contribution in [0.15, 0.2) is 18.2 Å². The summed E-state index contributed by atoms with van der Waals surface area (Å²) < 4.78 is 0. The van der Waals surface area contributed by atoms with Gasteiger partial charge < -0.3 is 11.1 Å². The second-order valence-electron chi connectivity index (χ2n) is 4.26. The van der Waals surface area contributed by atoms with Crippen molar-refractivity contribution in [2.45, 2.75) is 26.3 Å². The summed E-state index contributed by atoms with van der Waals surface area (Å²) >= 11 is 0. The molecule has 0 atom stereocenters. The molecule has 0 aliphatic heterocycles. The molecule has 1 amide bonds. The fraction of sp³-hybridized carbons (Fsp3) is 0.333. The van der Waals surface area contributed by atoms with Gasteiger partial charge in [0.1, 0.15) is 5.54 Å². The van der Waals surface area contributed by atoms with Gasteiger partial charge in [-0.25, -0.2) is 0 Å². The predicted molar refractivity (Wildman–Crippen MR) is 62.8 cm³/mol. The van der Waals surface area contributed by atoms with Crippen molar-refractivity contribution in [3.05, 3.63) is 29.3 Å². The Kier molecular flexibility index (Phi) is 3.19. The van der Waals surface area contributed by atoms with Gasteiger partial charge in [0.05, 0.1) is 11.6 Å². The summed E-state index contributed by atoms with van der Waals surface area (Å²) in [7, 11) is 0. The predicted octanol–water partition coefficient (Wildman–Crippen LogP) is 1.54. The number of benzene rings is 1. The SMILES string of the molecule is Cc1cc(NC(C)(C)C(N)=O)ccc1C#N. The van der Waals surface area contributed by atoms with E-state index in [-0.39, 0.29) is 0 Å². The molecule has 1 aromatic carbocycles. The van der Waals surface area contributed by atoms with E-state index >= 15 is 0 Å². The number of nitrogens with zero attached hydrogens (tertiary/aromatic N) is 1. The lowest BCUT2D eigenvalue weighted by molar-refractivity contribution is -0.121. The zero-order chi connectivity index (χ0) is 12.3. The van der Waals surface area contributed by atoms with E-state index in [1.54, 1.807) is 26.0 Å². The molecule has 0 fully saturated rings. The Morgan fingerprint density at radius 3 is 2.56 bits per heavy atom. The van der Waals surface area contributed by atoms with E-state index in [2.05, 4.69) is 11.4 Å². The number of nitrogens with two attached hydrogens (primary N) is 1. The number of carbonyl (C=O) groups is 1. The summed E-state index contributed by atoms with van der Waals surface area (Å²) in [6, 6.07) is 7.39. The van der Waals surface area contributed by atoms with Gasteiger partial charge in [-0.3, -0.25) is 4.79 Å². The molecule has 1 rings (SSSR count). The monoisotopic (exact) mass is 217 g/mol. The van der Waals surface area contributed by atoms with Crippen LogP contribution < -0.4 is 11.1 Å². The van der Waals surface area contributed by atoms with E-state index in [1.807, 2.05) is 13.0 Å². The molecule has 0 bridgehead atoms. The number of amides is 1. The normalized spacial score (nSPS) is 10.6. The van der Waals surface area contributed by atoms with Gasteiger partial charge in [-0.2, -0.15) is 5.26 Å². The van der Waals surface area contributed by atoms with Crippen molar-refractivity contribution in [1.82, 2.24) is 0 Å². The van der Waals surface area contributed by atoms with Crippen LogP contribution in [-0.2, 0) is 4.79 Å². The number of hydrogen-bond donors (Lipinski definition) is 2. The Hall–Kier alpha value is -2.02. The van der Waals surface area contributed by atoms with Gasteiger partial charge in [-0.1, -0.05) is 0 Å². The molecule has 16 heavy (non-hydrogen) atoms. The van der Waals surface area contributed by atoms with E-state index in [0.717, 1.165) is 11.3 Å². The van der Waals surface area contributed by atoms with Crippen molar-refractivity contribution < 1.29 is 4.79 Å². The number of primary amides is 1. The first kappa shape index (κ1) is 12.1. The Morgan fingerprint density at radius 1 is 1.50 bits per heavy atom. The number of hydrogen-bond acceptors (Lipinski definition) is 3. The zero-order valence-electron chi connectivity index (χ0n) is 9.66. The van der Waals surface area contributed by atoms with Crippen LogP contribution in [0.1, 0.15) is 25.0 Å². The van der Waals surface area contributed by atoms with Crippen LogP contribution in [0.5, 0.6) is 0 Å². The quantitative estimate of drug-likeness (QED) is 0.806. The molecule has 0 heterocycles. The molecule has 0 saturated carbocycles. The summed E-state index contributed by atoms with van der Waals surface area (Å²) in [6.07, 6.45) is 0. The van der Waals surface area contributed by atoms with Crippen molar-refractivity contribution in [2.24, 2.45) is 5.73 Å². The van der Waals surface area contributed by atoms with Crippen LogP contribution >= 0.6 is 0 Å². The van der Waals surface area contributed by atoms with Crippen LogP contribution in [0, 0.1) is 18.3 Å². The van der Waals surface area contributed by atoms with Gasteiger partial charge in [0, 0.05) is 5.69 Å². The van der Waals surface area contributed by atoms with Crippen molar-refractivity contribution in [3.63, 3.8) is 0 Å². The average molecular weight is 217 g/mol. The Bertz CT molecular complexity index is 458. The molecule has 0 aromatic heterocycles. The minimum atomic E-state index is -0.805. The molecule has 3 N–H and O–H groups in total. The maximum absolute atomic E-state index is 11.1. The molecular formula is C12H15N3O. The highest BCUT2D eigenvalue weighted by Gasteiger charge is 2.24. The average Bonchev–Trinajstić information content (AvgIpc) is 2.17. The molecule has 4 heteroatoms. The first-order valence-corrected chi connectivity index (χ1v) is 4.95. The lowest BCUT2D eigenvalue weighted by atomic mass is 10.0. The lowest BCUT2D eigenvalue weighted by Gasteiger charge is -2.23. The number of rotatable bonds is 3. The van der Waals surface area contributed by atoms with Crippen molar-refractivity contribution in [2.75, 3.05) is 5.32 Å². The summed E-state index contributed by atoms with van der Waals surface area (Å²) in [5.74, 6) is -0.422. The van der Waals surface area contributed by atoms with Crippen LogP contribution in [0.4, 0.5) is 5.69 Å². The van der Waals surface area contributed by atoms with Crippen LogP contribution in [0.3, 0.4) is 0 Å². The highest BCUT2D eigenvalue weighted by atomic mass is 16.1. The van der Waals surface area contributed by atoms with Crippen molar-refractivity contribution in [3.8, 4) is 6.07 Å². The Balaban J connectivity index is 2.97. The van der Waals surface area contributed by atoms with Crippen molar-refractivity contribution >= 4 is 11.6 Å². The van der Waals surface area contributed by atoms with Gasteiger partial charge in [-0.15, -0.1) is 0 Å². The van der Waals surface area contributed by atoms with E-state index in [4.69, 9.17) is 11.0 Å². The van der Waals surface area contributed by atoms with E-state index in [9.17, 15) is 4.79 Å². The molecule has 0 radical (unpaired) electrons. The molecule has 1 aromatic rings. The summed E-state index contributed by atoms with van der Waals surface area (Å²) in [5.41, 5.74) is 6.73. The topological polar surface area (TPSA) is 78.9 Å². The van der Waals surface area contributed by atoms with Crippen LogP contribution in [-0.4, -0.2) is 11.4 Å². The second-order valence-corrected chi connectivity index (χ2v) is 4.26. The summed E-state index contributed by atoms with van der Waals surface area (Å²) in [5, 5.41) is 11.8. The molecular weight excluding hydrogens is 202 g/mol. The summed E-state index contributed by atoms with van der Waals surface area (Å²) in [4.78, 5) is 11.1. The number of aryl methyl sites for hydroxylation is 1.